The maximum atomic E-state index is 14.4. The molecule has 1 aliphatic heterocycles. The van der Waals surface area contributed by atoms with E-state index >= 15 is 0 Å². The van der Waals surface area contributed by atoms with Crippen molar-refractivity contribution in [3.8, 4) is 0 Å². The van der Waals surface area contributed by atoms with Gasteiger partial charge in [0.25, 0.3) is 0 Å². The number of benzene rings is 2. The lowest BCUT2D eigenvalue weighted by Crippen LogP contribution is -2.48. The van der Waals surface area contributed by atoms with E-state index in [0.29, 0.717) is 12.5 Å². The van der Waals surface area contributed by atoms with Crippen LogP contribution in [-0.4, -0.2) is 36.7 Å². The molecule has 1 heterocycles. The lowest BCUT2D eigenvalue weighted by molar-refractivity contribution is -0.163. The molecule has 2 aromatic rings. The number of hydrogen-bond acceptors (Lipinski definition) is 5. The molecule has 2 fully saturated rings. The summed E-state index contributed by atoms with van der Waals surface area (Å²) in [6.45, 7) is 15.3. The quantitative estimate of drug-likeness (QED) is 0.403. The van der Waals surface area contributed by atoms with Crippen LogP contribution in [-0.2, 0) is 24.5 Å². The van der Waals surface area contributed by atoms with Crippen LogP contribution in [0.4, 0.5) is 0 Å². The Morgan fingerprint density at radius 2 is 1.51 bits per heavy atom. The van der Waals surface area contributed by atoms with E-state index in [1.165, 1.54) is 5.56 Å². The fraction of sp³-hybridized carbons (Fsp3) is 0.588. The second kappa shape index (κ2) is 11.8. The van der Waals surface area contributed by atoms with E-state index in [9.17, 15) is 9.59 Å². The van der Waals surface area contributed by atoms with Crippen molar-refractivity contribution in [2.24, 2.45) is 23.2 Å². The van der Waals surface area contributed by atoms with Gasteiger partial charge in [-0.1, -0.05) is 109 Å². The third-order valence-corrected chi connectivity index (χ3v) is 9.16. The van der Waals surface area contributed by atoms with Crippen LogP contribution >= 0.6 is 0 Å². The number of carbonyl (C=O) groups excluding carboxylic acids is 2. The maximum Gasteiger partial charge on any atom is 0.323 e. The first-order valence-electron chi connectivity index (χ1n) is 14.7. The van der Waals surface area contributed by atoms with Crippen molar-refractivity contribution in [3.05, 3.63) is 71.8 Å². The molecule has 0 bridgehead atoms. The monoisotopic (exact) mass is 533 g/mol. The smallest absolute Gasteiger partial charge is 0.323 e. The minimum absolute atomic E-state index is 0.143. The van der Waals surface area contributed by atoms with Crippen molar-refractivity contribution >= 4 is 11.9 Å². The van der Waals surface area contributed by atoms with Crippen LogP contribution in [0.25, 0.3) is 0 Å². The summed E-state index contributed by atoms with van der Waals surface area (Å²) in [5.74, 6) is -0.717. The zero-order valence-electron chi connectivity index (χ0n) is 24.8. The number of rotatable bonds is 7. The number of nitrogens with one attached hydrogen (secondary N) is 1. The van der Waals surface area contributed by atoms with Gasteiger partial charge in [0, 0.05) is 17.9 Å². The van der Waals surface area contributed by atoms with Gasteiger partial charge in [-0.3, -0.25) is 14.9 Å². The second-order valence-electron chi connectivity index (χ2n) is 13.3. The Kier molecular flexibility index (Phi) is 8.90. The normalized spacial score (nSPS) is 29.6. The molecule has 1 aliphatic carbocycles. The molecule has 2 aromatic carbocycles. The summed E-state index contributed by atoms with van der Waals surface area (Å²) in [6, 6.07) is 19.6. The van der Waals surface area contributed by atoms with E-state index in [1.54, 1.807) is 0 Å². The van der Waals surface area contributed by atoms with Crippen LogP contribution < -0.4 is 5.32 Å². The number of esters is 2. The third-order valence-electron chi connectivity index (χ3n) is 9.16. The molecular weight excluding hydrogens is 486 g/mol. The minimum Gasteiger partial charge on any atom is -0.465 e. The van der Waals surface area contributed by atoms with E-state index in [1.807, 2.05) is 43.3 Å². The summed E-state index contributed by atoms with van der Waals surface area (Å²) in [6.07, 6.45) is 2.81. The fourth-order valence-electron chi connectivity index (χ4n) is 7.00. The summed E-state index contributed by atoms with van der Waals surface area (Å²) < 4.78 is 12.1. The molecule has 2 aliphatic rings. The predicted octanol–water partition coefficient (Wildman–Crippen LogP) is 6.66. The molecular formula is C34H47NO4. The first-order valence-corrected chi connectivity index (χ1v) is 14.7. The molecule has 0 radical (unpaired) electrons. The van der Waals surface area contributed by atoms with Crippen LogP contribution in [0.15, 0.2) is 60.7 Å². The van der Waals surface area contributed by atoms with E-state index in [-0.39, 0.29) is 46.8 Å². The Balaban J connectivity index is 1.70. The summed E-state index contributed by atoms with van der Waals surface area (Å²) in [5.41, 5.74) is 1.80. The zero-order chi connectivity index (χ0) is 28.4. The molecule has 4 rings (SSSR count). The van der Waals surface area contributed by atoms with Gasteiger partial charge in [0.1, 0.15) is 12.1 Å². The highest BCUT2D eigenvalue weighted by Gasteiger charge is 2.55. The van der Waals surface area contributed by atoms with Gasteiger partial charge in [-0.2, -0.15) is 0 Å². The van der Waals surface area contributed by atoms with Crippen molar-refractivity contribution < 1.29 is 19.1 Å². The van der Waals surface area contributed by atoms with Crippen LogP contribution in [0.3, 0.4) is 0 Å². The van der Waals surface area contributed by atoms with E-state index in [2.05, 4.69) is 71.1 Å². The van der Waals surface area contributed by atoms with Gasteiger partial charge in [-0.25, -0.2) is 0 Å². The molecule has 0 unspecified atom stereocenters. The maximum absolute atomic E-state index is 14.4. The largest absolute Gasteiger partial charge is 0.465 e. The highest BCUT2D eigenvalue weighted by atomic mass is 16.5. The van der Waals surface area contributed by atoms with Gasteiger partial charge in [-0.15, -0.1) is 0 Å². The number of hydrogen-bond donors (Lipinski definition) is 1. The molecule has 5 heteroatoms. The van der Waals surface area contributed by atoms with Crippen LogP contribution in [0.5, 0.6) is 0 Å². The summed E-state index contributed by atoms with van der Waals surface area (Å²) in [4.78, 5) is 27.6. The Morgan fingerprint density at radius 3 is 2.10 bits per heavy atom. The van der Waals surface area contributed by atoms with Crippen molar-refractivity contribution in [1.82, 2.24) is 5.32 Å². The molecule has 0 aromatic heterocycles. The highest BCUT2D eigenvalue weighted by Crippen LogP contribution is 2.47. The average Bonchev–Trinajstić information content (AvgIpc) is 3.32. The van der Waals surface area contributed by atoms with Gasteiger partial charge in [0.2, 0.25) is 0 Å². The van der Waals surface area contributed by atoms with Crippen molar-refractivity contribution in [3.63, 3.8) is 0 Å². The van der Waals surface area contributed by atoms with Gasteiger partial charge in [0.05, 0.1) is 12.5 Å². The van der Waals surface area contributed by atoms with Crippen LogP contribution in [0.2, 0.25) is 0 Å². The molecule has 0 spiro atoms. The van der Waals surface area contributed by atoms with Crippen LogP contribution in [0.1, 0.15) is 84.8 Å². The fourth-order valence-corrected chi connectivity index (χ4v) is 7.00. The first kappa shape index (κ1) is 29.3. The zero-order valence-corrected chi connectivity index (χ0v) is 24.8. The first-order chi connectivity index (χ1) is 18.4. The average molecular weight is 534 g/mol. The van der Waals surface area contributed by atoms with Gasteiger partial charge < -0.3 is 9.47 Å². The van der Waals surface area contributed by atoms with Crippen molar-refractivity contribution in [2.75, 3.05) is 6.61 Å². The Labute approximate surface area is 235 Å². The number of ether oxygens (including phenoxy) is 2. The van der Waals surface area contributed by atoms with E-state index < -0.39 is 12.0 Å². The van der Waals surface area contributed by atoms with Crippen molar-refractivity contribution in [1.29, 1.82) is 0 Å². The molecule has 0 amide bonds. The standard InChI is InChI=1S/C34H47NO4/c1-8-38-32(37)29-27(23-15-11-9-12-16-23)28(30(35-29)33(3,4)5)31(36)39-26-21-22(2)19-20-25(26)34(6,7)24-17-13-10-14-18-24/h9-18,22,25-30,35H,8,19-21H2,1-7H3/t22-,25-,26-,27-,28-,29+,30-/m1/s1. The van der Waals surface area contributed by atoms with Crippen LogP contribution in [0, 0.1) is 23.2 Å². The van der Waals surface area contributed by atoms with Gasteiger partial charge in [-0.05, 0) is 47.6 Å². The Bertz CT molecular complexity index is 1110. The molecule has 5 nitrogen and oxygen atoms in total. The lowest BCUT2D eigenvalue weighted by Gasteiger charge is -2.44. The molecule has 1 N–H and O–H groups in total. The van der Waals surface area contributed by atoms with Crippen molar-refractivity contribution in [2.45, 2.75) is 97.2 Å². The lowest BCUT2D eigenvalue weighted by atomic mass is 9.64. The third kappa shape index (κ3) is 6.24. The SMILES string of the molecule is CCOC(=O)[C@H]1N[C@@H](C(C)(C)C)[C@H](C(=O)O[C@@H]2C[C@H](C)CC[C@H]2C(C)(C)c2ccccc2)[C@H]1c1ccccc1. The van der Waals surface area contributed by atoms with Gasteiger partial charge >= 0.3 is 11.9 Å². The molecule has 212 valence electrons. The Hall–Kier alpha value is -2.66. The minimum atomic E-state index is -0.615. The van der Waals surface area contributed by atoms with E-state index in [0.717, 1.165) is 24.8 Å². The number of carbonyl (C=O) groups is 2. The van der Waals surface area contributed by atoms with Gasteiger partial charge in [0.15, 0.2) is 0 Å². The molecule has 1 saturated carbocycles. The summed E-state index contributed by atoms with van der Waals surface area (Å²) >= 11 is 0. The highest BCUT2D eigenvalue weighted by molar-refractivity contribution is 5.83. The predicted molar refractivity (Wildman–Crippen MR) is 155 cm³/mol. The second-order valence-corrected chi connectivity index (χ2v) is 13.3. The molecule has 7 atom stereocenters. The Morgan fingerprint density at radius 1 is 0.897 bits per heavy atom. The molecule has 39 heavy (non-hydrogen) atoms. The topological polar surface area (TPSA) is 64.6 Å². The molecule has 1 saturated heterocycles. The van der Waals surface area contributed by atoms with E-state index in [4.69, 9.17) is 9.47 Å². The summed E-state index contributed by atoms with van der Waals surface area (Å²) in [5, 5.41) is 3.53. The summed E-state index contributed by atoms with van der Waals surface area (Å²) in [7, 11) is 0.